The molecule has 0 amide bonds. The van der Waals surface area contributed by atoms with Crippen LogP contribution in [0.15, 0.2) is 54.1 Å². The molecule has 9 atom stereocenters. The molecule has 0 bridgehead atoms. The van der Waals surface area contributed by atoms with Crippen LogP contribution in [0, 0.1) is 34.5 Å². The minimum Gasteiger partial charge on any atom is -0.393 e. The standard InChI is InChI=1S/C30H36O6/c1-18-14-21-22-11-13-29(25(33)17-35-30(34-4,36-29)19-8-6-5-7-9-19)28(22,3)16-24(32)26(21)27(2)12-10-20(31)15-23(18)27/h5-10,12,15,18,21-22,24,26,32H,11,13-14,16-17H2,1-4H3/t18-,21?,22?,24-,26?,27?,28?,29-,30?/m0/s1. The van der Waals surface area contributed by atoms with E-state index in [1.807, 2.05) is 36.4 Å². The lowest BCUT2D eigenvalue weighted by molar-refractivity contribution is -0.435. The molecule has 4 aliphatic carbocycles. The maximum Gasteiger partial charge on any atom is 0.313 e. The summed E-state index contributed by atoms with van der Waals surface area (Å²) in [5.74, 6) is -0.880. The van der Waals surface area contributed by atoms with Crippen LogP contribution in [0.5, 0.6) is 0 Å². The van der Waals surface area contributed by atoms with E-state index >= 15 is 0 Å². The summed E-state index contributed by atoms with van der Waals surface area (Å²) in [4.78, 5) is 25.9. The van der Waals surface area contributed by atoms with E-state index in [4.69, 9.17) is 14.2 Å². The number of ether oxygens (including phenoxy) is 3. The first kappa shape index (κ1) is 24.2. The fourth-order valence-corrected chi connectivity index (χ4v) is 8.96. The third kappa shape index (κ3) is 2.99. The van der Waals surface area contributed by atoms with Crippen molar-refractivity contribution in [2.45, 2.75) is 64.1 Å². The number of ketones is 2. The lowest BCUT2D eigenvalue weighted by Crippen LogP contribution is -2.67. The van der Waals surface area contributed by atoms with E-state index in [-0.39, 0.29) is 47.3 Å². The van der Waals surface area contributed by atoms with Crippen LogP contribution in [0.1, 0.15) is 52.0 Å². The Bertz CT molecular complexity index is 1160. The molecule has 6 heteroatoms. The van der Waals surface area contributed by atoms with Gasteiger partial charge in [0.15, 0.2) is 11.6 Å². The van der Waals surface area contributed by atoms with Gasteiger partial charge in [-0.3, -0.25) is 9.59 Å². The van der Waals surface area contributed by atoms with Crippen molar-refractivity contribution in [1.82, 2.24) is 0 Å². The van der Waals surface area contributed by atoms with Crippen molar-refractivity contribution in [2.24, 2.45) is 34.5 Å². The molecule has 1 N–H and O–H groups in total. The molecule has 192 valence electrons. The molecule has 5 aliphatic rings. The highest BCUT2D eigenvalue weighted by molar-refractivity contribution is 6.01. The number of rotatable bonds is 2. The first-order valence-corrected chi connectivity index (χ1v) is 13.2. The number of aliphatic hydroxyl groups excluding tert-OH is 1. The lowest BCUT2D eigenvalue weighted by atomic mass is 9.44. The molecular formula is C30H36O6. The van der Waals surface area contributed by atoms with Crippen molar-refractivity contribution in [1.29, 1.82) is 0 Å². The van der Waals surface area contributed by atoms with Gasteiger partial charge in [-0.2, -0.15) is 0 Å². The Hall–Kier alpha value is -2.12. The van der Waals surface area contributed by atoms with Crippen LogP contribution in [0.25, 0.3) is 0 Å². The average Bonchev–Trinajstić information content (AvgIpc) is 3.14. The number of allylic oxidation sites excluding steroid dienone is 4. The number of methoxy groups -OCH3 is 1. The van der Waals surface area contributed by atoms with Crippen LogP contribution in [-0.2, 0) is 29.8 Å². The molecule has 1 aliphatic heterocycles. The van der Waals surface area contributed by atoms with Crippen molar-refractivity contribution in [3.05, 3.63) is 59.7 Å². The minimum atomic E-state index is -1.47. The average molecular weight is 493 g/mol. The first-order valence-electron chi connectivity index (χ1n) is 13.2. The predicted molar refractivity (Wildman–Crippen MR) is 132 cm³/mol. The van der Waals surface area contributed by atoms with Crippen molar-refractivity contribution in [3.63, 3.8) is 0 Å². The van der Waals surface area contributed by atoms with Gasteiger partial charge in [-0.25, -0.2) is 0 Å². The lowest BCUT2D eigenvalue weighted by Gasteiger charge is -2.62. The monoisotopic (exact) mass is 492 g/mol. The Kier molecular flexibility index (Phi) is 5.34. The van der Waals surface area contributed by atoms with Crippen LogP contribution in [-0.4, -0.2) is 42.1 Å². The van der Waals surface area contributed by atoms with E-state index < -0.39 is 23.1 Å². The maximum absolute atomic E-state index is 13.7. The zero-order valence-electron chi connectivity index (χ0n) is 21.5. The quantitative estimate of drug-likeness (QED) is 0.662. The number of aliphatic hydroxyl groups is 1. The number of hydrogen-bond acceptors (Lipinski definition) is 6. The molecular weight excluding hydrogens is 456 g/mol. The van der Waals surface area contributed by atoms with E-state index in [1.54, 1.807) is 19.3 Å². The van der Waals surface area contributed by atoms with E-state index in [2.05, 4.69) is 20.8 Å². The van der Waals surface area contributed by atoms with Gasteiger partial charge in [0.25, 0.3) is 0 Å². The van der Waals surface area contributed by atoms with Gasteiger partial charge in [-0.05, 0) is 55.6 Å². The summed E-state index contributed by atoms with van der Waals surface area (Å²) < 4.78 is 18.6. The topological polar surface area (TPSA) is 82.1 Å². The van der Waals surface area contributed by atoms with Gasteiger partial charge in [0.2, 0.25) is 0 Å². The van der Waals surface area contributed by atoms with Crippen molar-refractivity contribution in [3.8, 4) is 0 Å². The molecule has 6 rings (SSSR count). The zero-order valence-corrected chi connectivity index (χ0v) is 21.5. The van der Waals surface area contributed by atoms with Gasteiger partial charge in [-0.1, -0.05) is 62.8 Å². The van der Waals surface area contributed by atoms with Gasteiger partial charge < -0.3 is 19.3 Å². The van der Waals surface area contributed by atoms with Crippen molar-refractivity contribution in [2.75, 3.05) is 13.7 Å². The molecule has 1 heterocycles. The Labute approximate surface area is 212 Å². The first-order chi connectivity index (χ1) is 17.1. The second-order valence-corrected chi connectivity index (χ2v) is 12.0. The largest absolute Gasteiger partial charge is 0.393 e. The molecule has 0 aromatic heterocycles. The summed E-state index contributed by atoms with van der Waals surface area (Å²) in [6, 6.07) is 9.50. The summed E-state index contributed by atoms with van der Waals surface area (Å²) in [6.45, 7) is 6.41. The van der Waals surface area contributed by atoms with E-state index in [9.17, 15) is 14.7 Å². The van der Waals surface area contributed by atoms with Gasteiger partial charge in [0.1, 0.15) is 12.2 Å². The molecule has 1 aromatic rings. The van der Waals surface area contributed by atoms with Gasteiger partial charge in [-0.15, -0.1) is 0 Å². The second-order valence-electron chi connectivity index (χ2n) is 12.0. The molecule has 36 heavy (non-hydrogen) atoms. The van der Waals surface area contributed by atoms with Gasteiger partial charge in [0, 0.05) is 29.4 Å². The van der Waals surface area contributed by atoms with Crippen molar-refractivity contribution < 1.29 is 28.9 Å². The van der Waals surface area contributed by atoms with Gasteiger partial charge >= 0.3 is 5.97 Å². The van der Waals surface area contributed by atoms with Crippen LogP contribution in [0.4, 0.5) is 0 Å². The van der Waals surface area contributed by atoms with Gasteiger partial charge in [0.05, 0.1) is 6.10 Å². The molecule has 4 fully saturated rings. The van der Waals surface area contributed by atoms with E-state index in [1.165, 1.54) is 0 Å². The van der Waals surface area contributed by atoms with Crippen LogP contribution < -0.4 is 0 Å². The Balaban J connectivity index is 1.42. The summed E-state index contributed by atoms with van der Waals surface area (Å²) >= 11 is 0. The minimum absolute atomic E-state index is 0.00577. The maximum atomic E-state index is 13.7. The smallest absolute Gasteiger partial charge is 0.313 e. The number of benzene rings is 1. The molecule has 6 nitrogen and oxygen atoms in total. The highest BCUT2D eigenvalue weighted by atomic mass is 16.9. The van der Waals surface area contributed by atoms with Crippen LogP contribution in [0.2, 0.25) is 0 Å². The zero-order chi connectivity index (χ0) is 25.5. The Morgan fingerprint density at radius 2 is 1.89 bits per heavy atom. The molecule has 1 saturated heterocycles. The Morgan fingerprint density at radius 1 is 1.14 bits per heavy atom. The Morgan fingerprint density at radius 3 is 2.61 bits per heavy atom. The number of carbonyl (C=O) groups is 2. The van der Waals surface area contributed by atoms with Crippen LogP contribution >= 0.6 is 0 Å². The van der Waals surface area contributed by atoms with E-state index in [0.29, 0.717) is 18.4 Å². The summed E-state index contributed by atoms with van der Waals surface area (Å²) in [5.41, 5.74) is -0.197. The highest BCUT2D eigenvalue weighted by Crippen LogP contribution is 2.69. The third-order valence-electron chi connectivity index (χ3n) is 10.5. The van der Waals surface area contributed by atoms with Crippen LogP contribution in [0.3, 0.4) is 0 Å². The second kappa shape index (κ2) is 7.94. The summed E-state index contributed by atoms with van der Waals surface area (Å²) in [6.07, 6.45) is 7.61. The normalized spacial score (nSPS) is 47.8. The predicted octanol–water partition coefficient (Wildman–Crippen LogP) is 4.32. The number of hydrogen-bond donors (Lipinski definition) is 1. The molecule has 0 radical (unpaired) electrons. The van der Waals surface area contributed by atoms with Crippen molar-refractivity contribution >= 4 is 11.6 Å². The fourth-order valence-electron chi connectivity index (χ4n) is 8.96. The number of carbonyl (C=O) groups excluding carboxylic acids is 2. The summed E-state index contributed by atoms with van der Waals surface area (Å²) in [5, 5.41) is 11.8. The number of Topliss-reactive ketones (excluding diaryl/α,β-unsaturated/α-hetero) is 1. The SMILES string of the molecule is COC1(c2ccccc2)OCC(=O)[C@]2(CCC3C4C[C@H](C)C5=CC(=O)C=CC5(C)C4[C@@H](O)CC32C)O1. The van der Waals surface area contributed by atoms with E-state index in [0.717, 1.165) is 18.4 Å². The molecule has 1 spiro atoms. The highest BCUT2D eigenvalue weighted by Gasteiger charge is 2.72. The molecule has 3 saturated carbocycles. The molecule has 6 unspecified atom stereocenters. The summed E-state index contributed by atoms with van der Waals surface area (Å²) in [7, 11) is 1.55. The molecule has 1 aromatic carbocycles. The third-order valence-corrected chi connectivity index (χ3v) is 10.5. The fraction of sp³-hybridized carbons (Fsp3) is 0.600. The number of fused-ring (bicyclic) bond motifs is 6.